The SMILES string of the molecule is COc1ccc(OCCNc2cnnc(Nc3ccc(C(C)(C)C)cc3)n2)cc1. The first kappa shape index (κ1) is 20.4. The van der Waals surface area contributed by atoms with Gasteiger partial charge >= 0.3 is 0 Å². The zero-order valence-electron chi connectivity index (χ0n) is 17.3. The van der Waals surface area contributed by atoms with E-state index in [1.807, 2.05) is 36.4 Å². The van der Waals surface area contributed by atoms with Crippen LogP contribution in [0.25, 0.3) is 0 Å². The van der Waals surface area contributed by atoms with Gasteiger partial charge in [0.2, 0.25) is 5.95 Å². The number of rotatable bonds is 8. The van der Waals surface area contributed by atoms with E-state index >= 15 is 0 Å². The molecule has 0 aliphatic heterocycles. The zero-order chi connectivity index (χ0) is 20.7. The van der Waals surface area contributed by atoms with Crippen LogP contribution in [0.3, 0.4) is 0 Å². The maximum absolute atomic E-state index is 5.69. The molecule has 0 atom stereocenters. The molecule has 2 aromatic carbocycles. The lowest BCUT2D eigenvalue weighted by molar-refractivity contribution is 0.331. The summed E-state index contributed by atoms with van der Waals surface area (Å²) in [5.74, 6) is 2.66. The normalized spacial score (nSPS) is 11.0. The molecule has 29 heavy (non-hydrogen) atoms. The number of hydrogen-bond donors (Lipinski definition) is 2. The van der Waals surface area contributed by atoms with E-state index < -0.39 is 0 Å². The quantitative estimate of drug-likeness (QED) is 0.549. The molecule has 152 valence electrons. The summed E-state index contributed by atoms with van der Waals surface area (Å²) in [6.07, 6.45) is 1.58. The van der Waals surface area contributed by atoms with Gasteiger partial charge in [0.25, 0.3) is 0 Å². The van der Waals surface area contributed by atoms with E-state index in [9.17, 15) is 0 Å². The second-order valence-corrected chi connectivity index (χ2v) is 7.57. The van der Waals surface area contributed by atoms with Crippen LogP contribution in [0.2, 0.25) is 0 Å². The maximum atomic E-state index is 5.69. The van der Waals surface area contributed by atoms with Crippen molar-refractivity contribution >= 4 is 17.5 Å². The van der Waals surface area contributed by atoms with E-state index in [1.165, 1.54) is 5.56 Å². The van der Waals surface area contributed by atoms with Crippen molar-refractivity contribution in [1.29, 1.82) is 0 Å². The number of aromatic nitrogens is 3. The Bertz CT molecular complexity index is 906. The van der Waals surface area contributed by atoms with Gasteiger partial charge in [-0.05, 0) is 47.4 Å². The van der Waals surface area contributed by atoms with Crippen molar-refractivity contribution in [2.24, 2.45) is 0 Å². The summed E-state index contributed by atoms with van der Waals surface area (Å²) < 4.78 is 10.8. The molecule has 7 nitrogen and oxygen atoms in total. The number of benzene rings is 2. The predicted octanol–water partition coefficient (Wildman–Crippen LogP) is 4.41. The summed E-state index contributed by atoms with van der Waals surface area (Å²) >= 11 is 0. The highest BCUT2D eigenvalue weighted by Gasteiger charge is 2.13. The van der Waals surface area contributed by atoms with Gasteiger partial charge in [0.1, 0.15) is 18.1 Å². The van der Waals surface area contributed by atoms with Crippen molar-refractivity contribution in [1.82, 2.24) is 15.2 Å². The van der Waals surface area contributed by atoms with E-state index in [4.69, 9.17) is 9.47 Å². The first-order valence-electron chi connectivity index (χ1n) is 9.52. The van der Waals surface area contributed by atoms with Crippen molar-refractivity contribution in [3.8, 4) is 11.5 Å². The topological polar surface area (TPSA) is 81.2 Å². The van der Waals surface area contributed by atoms with Crippen molar-refractivity contribution in [2.75, 3.05) is 30.9 Å². The highest BCUT2D eigenvalue weighted by molar-refractivity contribution is 5.55. The van der Waals surface area contributed by atoms with Gasteiger partial charge in [-0.1, -0.05) is 32.9 Å². The summed E-state index contributed by atoms with van der Waals surface area (Å²) in [7, 11) is 1.64. The standard InChI is InChI=1S/C22H27N5O2/c1-22(2,3)16-5-7-17(8-6-16)25-21-26-20(15-24-27-21)23-13-14-29-19-11-9-18(28-4)10-12-19/h5-12,15H,13-14H2,1-4H3,(H2,23,25,26,27). The Morgan fingerprint density at radius 1 is 0.931 bits per heavy atom. The van der Waals surface area contributed by atoms with Crippen LogP contribution in [0.4, 0.5) is 17.5 Å². The van der Waals surface area contributed by atoms with Crippen LogP contribution < -0.4 is 20.1 Å². The first-order chi connectivity index (χ1) is 13.9. The van der Waals surface area contributed by atoms with E-state index in [0.29, 0.717) is 24.9 Å². The maximum Gasteiger partial charge on any atom is 0.249 e. The van der Waals surface area contributed by atoms with Gasteiger partial charge in [-0.15, -0.1) is 5.10 Å². The van der Waals surface area contributed by atoms with Gasteiger partial charge in [-0.3, -0.25) is 0 Å². The van der Waals surface area contributed by atoms with E-state index in [-0.39, 0.29) is 5.41 Å². The highest BCUT2D eigenvalue weighted by Crippen LogP contribution is 2.24. The van der Waals surface area contributed by atoms with Gasteiger partial charge in [0, 0.05) is 5.69 Å². The molecule has 0 aliphatic rings. The van der Waals surface area contributed by atoms with Gasteiger partial charge in [0.15, 0.2) is 5.82 Å². The van der Waals surface area contributed by atoms with Gasteiger partial charge in [-0.2, -0.15) is 10.1 Å². The summed E-state index contributed by atoms with van der Waals surface area (Å²) in [6, 6.07) is 15.7. The predicted molar refractivity (Wildman–Crippen MR) is 115 cm³/mol. The Kier molecular flexibility index (Phi) is 6.49. The van der Waals surface area contributed by atoms with Crippen molar-refractivity contribution in [3.05, 3.63) is 60.3 Å². The Morgan fingerprint density at radius 3 is 2.28 bits per heavy atom. The number of nitrogens with zero attached hydrogens (tertiary/aromatic N) is 3. The minimum absolute atomic E-state index is 0.119. The number of ether oxygens (including phenoxy) is 2. The molecule has 1 aromatic heterocycles. The Labute approximate surface area is 171 Å². The summed E-state index contributed by atoms with van der Waals surface area (Å²) in [5.41, 5.74) is 2.31. The van der Waals surface area contributed by atoms with Crippen LogP contribution in [0.1, 0.15) is 26.3 Å². The lowest BCUT2D eigenvalue weighted by Crippen LogP contribution is -2.13. The Hall–Kier alpha value is -3.35. The fraction of sp³-hybridized carbons (Fsp3) is 0.318. The molecule has 0 amide bonds. The number of hydrogen-bond acceptors (Lipinski definition) is 7. The molecule has 0 saturated carbocycles. The number of anilines is 3. The van der Waals surface area contributed by atoms with Crippen molar-refractivity contribution in [3.63, 3.8) is 0 Å². The largest absolute Gasteiger partial charge is 0.497 e. The lowest BCUT2D eigenvalue weighted by Gasteiger charge is -2.19. The summed E-state index contributed by atoms with van der Waals surface area (Å²) in [5, 5.41) is 14.4. The van der Waals surface area contributed by atoms with Crippen LogP contribution in [-0.2, 0) is 5.41 Å². The molecule has 3 rings (SSSR count). The number of nitrogens with one attached hydrogen (secondary N) is 2. The third-order valence-electron chi connectivity index (χ3n) is 4.30. The van der Waals surface area contributed by atoms with E-state index in [2.05, 4.69) is 58.7 Å². The van der Waals surface area contributed by atoms with Crippen LogP contribution in [-0.4, -0.2) is 35.4 Å². The molecule has 2 N–H and O–H groups in total. The van der Waals surface area contributed by atoms with Gasteiger partial charge in [-0.25, -0.2) is 0 Å². The number of methoxy groups -OCH3 is 1. The van der Waals surface area contributed by atoms with Crippen LogP contribution in [0.15, 0.2) is 54.7 Å². The van der Waals surface area contributed by atoms with Crippen LogP contribution in [0, 0.1) is 0 Å². The molecule has 3 aromatic rings. The van der Waals surface area contributed by atoms with E-state index in [0.717, 1.165) is 17.2 Å². The second-order valence-electron chi connectivity index (χ2n) is 7.57. The van der Waals surface area contributed by atoms with Crippen molar-refractivity contribution < 1.29 is 9.47 Å². The molecule has 7 heteroatoms. The molecule has 0 fully saturated rings. The molecule has 0 aliphatic carbocycles. The van der Waals surface area contributed by atoms with Gasteiger partial charge < -0.3 is 20.1 Å². The first-order valence-corrected chi connectivity index (χ1v) is 9.52. The van der Waals surface area contributed by atoms with Crippen LogP contribution in [0.5, 0.6) is 11.5 Å². The molecular formula is C22H27N5O2. The summed E-state index contributed by atoms with van der Waals surface area (Å²) in [6.45, 7) is 7.65. The minimum atomic E-state index is 0.119. The lowest BCUT2D eigenvalue weighted by atomic mass is 9.87. The smallest absolute Gasteiger partial charge is 0.249 e. The monoisotopic (exact) mass is 393 g/mol. The fourth-order valence-corrected chi connectivity index (χ4v) is 2.64. The third kappa shape index (κ3) is 6.07. The average Bonchev–Trinajstić information content (AvgIpc) is 2.72. The van der Waals surface area contributed by atoms with Crippen LogP contribution >= 0.6 is 0 Å². The van der Waals surface area contributed by atoms with Gasteiger partial charge in [0.05, 0.1) is 19.9 Å². The Morgan fingerprint density at radius 2 is 1.62 bits per heavy atom. The molecular weight excluding hydrogens is 366 g/mol. The minimum Gasteiger partial charge on any atom is -0.497 e. The second kappa shape index (κ2) is 9.23. The molecule has 0 radical (unpaired) electrons. The van der Waals surface area contributed by atoms with Crippen molar-refractivity contribution in [2.45, 2.75) is 26.2 Å². The molecule has 0 bridgehead atoms. The molecule has 1 heterocycles. The average molecular weight is 393 g/mol. The highest BCUT2D eigenvalue weighted by atomic mass is 16.5. The molecule has 0 spiro atoms. The molecule has 0 saturated heterocycles. The zero-order valence-corrected chi connectivity index (χ0v) is 17.3. The fourth-order valence-electron chi connectivity index (χ4n) is 2.64. The van der Waals surface area contributed by atoms with E-state index in [1.54, 1.807) is 13.3 Å². The summed E-state index contributed by atoms with van der Waals surface area (Å²) in [4.78, 5) is 4.44. The molecule has 0 unspecified atom stereocenters. The Balaban J connectivity index is 1.50. The third-order valence-corrected chi connectivity index (χ3v) is 4.30.